The van der Waals surface area contributed by atoms with Crippen molar-refractivity contribution in [2.24, 2.45) is 23.2 Å². The maximum Gasteiger partial charge on any atom is 0.267 e. The third-order valence-electron chi connectivity index (χ3n) is 8.16. The van der Waals surface area contributed by atoms with E-state index in [0.717, 1.165) is 36.1 Å². The van der Waals surface area contributed by atoms with Gasteiger partial charge < -0.3 is 15.0 Å². The van der Waals surface area contributed by atoms with Crippen LogP contribution in [0.25, 0.3) is 0 Å². The van der Waals surface area contributed by atoms with Crippen molar-refractivity contribution in [2.45, 2.75) is 57.5 Å². The molecule has 0 spiro atoms. The Bertz CT molecular complexity index is 916. The molecule has 2 atom stereocenters. The number of hydrogen-bond acceptors (Lipinski definition) is 4. The monoisotopic (exact) mass is 436 g/mol. The number of nitrogens with one attached hydrogen (secondary N) is 1. The second-order valence-electron chi connectivity index (χ2n) is 10.00. The summed E-state index contributed by atoms with van der Waals surface area (Å²) in [6.07, 6.45) is 5.73. The van der Waals surface area contributed by atoms with E-state index in [1.165, 1.54) is 22.7 Å². The van der Waals surface area contributed by atoms with E-state index in [0.29, 0.717) is 48.0 Å². The van der Waals surface area contributed by atoms with E-state index in [2.05, 4.69) is 5.32 Å². The minimum Gasteiger partial charge on any atom is -0.376 e. The molecule has 2 aliphatic heterocycles. The number of alkyl halides is 2. The highest BCUT2D eigenvalue weighted by atomic mass is 32.1. The van der Waals surface area contributed by atoms with Crippen LogP contribution in [0.2, 0.25) is 0 Å². The number of anilines is 1. The number of nitrogens with zero attached hydrogens (tertiary/aromatic N) is 1. The van der Waals surface area contributed by atoms with Crippen LogP contribution < -0.4 is 5.32 Å². The van der Waals surface area contributed by atoms with Gasteiger partial charge in [-0.25, -0.2) is 8.78 Å². The number of carbonyl (C=O) groups excluding carboxylic acids is 2. The fourth-order valence-corrected chi connectivity index (χ4v) is 8.18. The van der Waals surface area contributed by atoms with Gasteiger partial charge in [-0.15, -0.1) is 11.3 Å². The van der Waals surface area contributed by atoms with Crippen molar-refractivity contribution in [3.63, 3.8) is 0 Å². The van der Waals surface area contributed by atoms with Gasteiger partial charge in [0.1, 0.15) is 5.00 Å². The van der Waals surface area contributed by atoms with Crippen LogP contribution in [-0.4, -0.2) is 42.3 Å². The van der Waals surface area contributed by atoms with Gasteiger partial charge in [-0.2, -0.15) is 0 Å². The zero-order chi connectivity index (χ0) is 20.7. The van der Waals surface area contributed by atoms with Gasteiger partial charge in [0, 0.05) is 17.8 Å². The number of carbonyl (C=O) groups is 2. The molecule has 1 aromatic rings. The highest BCUT2D eigenvalue weighted by Crippen LogP contribution is 2.65. The van der Waals surface area contributed by atoms with Gasteiger partial charge in [0.15, 0.2) is 0 Å². The van der Waals surface area contributed by atoms with Gasteiger partial charge in [-0.1, -0.05) is 0 Å². The topological polar surface area (TPSA) is 58.6 Å². The Morgan fingerprint density at radius 3 is 2.63 bits per heavy atom. The molecule has 162 valence electrons. The first-order valence-corrected chi connectivity index (χ1v) is 11.9. The van der Waals surface area contributed by atoms with Crippen LogP contribution in [0.5, 0.6) is 0 Å². The standard InChI is InChI=1S/C22H26F2N2O3S/c23-22(24)2-3-26(11-22)19(27)17-15-1-4-29-10-16(15)30-18(17)25-20(28)21-8-12-5-13(9-21)7-14(21)6-12/h12-14H,1-11H2,(H,25,28). The van der Waals surface area contributed by atoms with E-state index in [4.69, 9.17) is 4.74 Å². The summed E-state index contributed by atoms with van der Waals surface area (Å²) < 4.78 is 33.1. The van der Waals surface area contributed by atoms with Gasteiger partial charge >= 0.3 is 0 Å². The van der Waals surface area contributed by atoms with Gasteiger partial charge in [-0.3, -0.25) is 9.59 Å². The van der Waals surface area contributed by atoms with E-state index in [1.54, 1.807) is 0 Å². The summed E-state index contributed by atoms with van der Waals surface area (Å²) in [5.74, 6) is -1.40. The third kappa shape index (κ3) is 2.79. The molecule has 30 heavy (non-hydrogen) atoms. The molecule has 5 nitrogen and oxygen atoms in total. The second kappa shape index (κ2) is 6.48. The van der Waals surface area contributed by atoms with Crippen LogP contribution in [0, 0.1) is 23.2 Å². The van der Waals surface area contributed by atoms with Crippen molar-refractivity contribution < 1.29 is 23.1 Å². The summed E-state index contributed by atoms with van der Waals surface area (Å²) in [4.78, 5) is 29.0. The van der Waals surface area contributed by atoms with Crippen molar-refractivity contribution >= 4 is 28.2 Å². The molecular weight excluding hydrogens is 410 g/mol. The molecule has 2 amide bonds. The molecule has 0 aromatic carbocycles. The molecule has 5 fully saturated rings. The Labute approximate surface area is 178 Å². The normalized spacial score (nSPS) is 35.7. The number of likely N-dealkylation sites (tertiary alicyclic amines) is 1. The lowest BCUT2D eigenvalue weighted by molar-refractivity contribution is -0.127. The molecule has 7 rings (SSSR count). The number of rotatable bonds is 3. The summed E-state index contributed by atoms with van der Waals surface area (Å²) in [6.45, 7) is 0.415. The predicted octanol–water partition coefficient (Wildman–Crippen LogP) is 4.07. The van der Waals surface area contributed by atoms with Crippen LogP contribution in [0.1, 0.15) is 59.3 Å². The fourth-order valence-electron chi connectivity index (χ4n) is 7.01. The summed E-state index contributed by atoms with van der Waals surface area (Å²) in [7, 11) is 0. The number of hydrogen-bond donors (Lipinski definition) is 1. The van der Waals surface area contributed by atoms with Crippen molar-refractivity contribution in [2.75, 3.05) is 25.0 Å². The van der Waals surface area contributed by atoms with Gasteiger partial charge in [0.25, 0.3) is 11.8 Å². The lowest BCUT2D eigenvalue weighted by Gasteiger charge is -2.31. The molecule has 8 heteroatoms. The molecule has 1 N–H and O–H groups in total. The maximum absolute atomic E-state index is 13.8. The number of amides is 2. The van der Waals surface area contributed by atoms with Crippen LogP contribution in [0.15, 0.2) is 0 Å². The Balaban J connectivity index is 1.32. The Morgan fingerprint density at radius 2 is 1.93 bits per heavy atom. The summed E-state index contributed by atoms with van der Waals surface area (Å²) in [5, 5.41) is 3.67. The quantitative estimate of drug-likeness (QED) is 0.777. The minimum absolute atomic E-state index is 0.0394. The molecule has 1 aromatic heterocycles. The Kier molecular flexibility index (Phi) is 4.14. The number of ether oxygens (including phenoxy) is 1. The van der Waals surface area contributed by atoms with E-state index in [9.17, 15) is 18.4 Å². The largest absolute Gasteiger partial charge is 0.376 e. The highest BCUT2D eigenvalue weighted by molar-refractivity contribution is 7.17. The van der Waals surface area contributed by atoms with E-state index >= 15 is 0 Å². The molecule has 4 aliphatic carbocycles. The predicted molar refractivity (Wildman–Crippen MR) is 108 cm³/mol. The molecule has 4 bridgehead atoms. The van der Waals surface area contributed by atoms with E-state index in [1.807, 2.05) is 0 Å². The Hall–Kier alpha value is -1.54. The first-order valence-electron chi connectivity index (χ1n) is 11.1. The minimum atomic E-state index is -2.83. The van der Waals surface area contributed by atoms with Gasteiger partial charge in [0.05, 0.1) is 30.7 Å². The van der Waals surface area contributed by atoms with E-state index < -0.39 is 12.5 Å². The van der Waals surface area contributed by atoms with E-state index in [-0.39, 0.29) is 30.2 Å². The molecule has 6 aliphatic rings. The van der Waals surface area contributed by atoms with Gasteiger partial charge in [0.2, 0.25) is 5.91 Å². The summed E-state index contributed by atoms with van der Waals surface area (Å²) in [5.41, 5.74) is 1.00. The first kappa shape index (κ1) is 19.2. The highest BCUT2D eigenvalue weighted by Gasteiger charge is 2.61. The van der Waals surface area contributed by atoms with Crippen molar-refractivity contribution in [3.05, 3.63) is 16.0 Å². The summed E-state index contributed by atoms with van der Waals surface area (Å²) >= 11 is 1.39. The number of halogens is 2. The average molecular weight is 437 g/mol. The average Bonchev–Trinajstić information content (AvgIpc) is 3.38. The smallest absolute Gasteiger partial charge is 0.267 e. The fraction of sp³-hybridized carbons (Fsp3) is 0.727. The molecule has 2 unspecified atom stereocenters. The van der Waals surface area contributed by atoms with Crippen molar-refractivity contribution in [3.8, 4) is 0 Å². The molecule has 4 saturated carbocycles. The van der Waals surface area contributed by atoms with Crippen LogP contribution >= 0.6 is 11.3 Å². The molecular formula is C22H26F2N2O3S. The lowest BCUT2D eigenvalue weighted by Crippen LogP contribution is -2.38. The lowest BCUT2D eigenvalue weighted by atomic mass is 9.75. The van der Waals surface area contributed by atoms with Crippen molar-refractivity contribution in [1.29, 1.82) is 0 Å². The first-order chi connectivity index (χ1) is 14.3. The van der Waals surface area contributed by atoms with Crippen LogP contribution in [0.4, 0.5) is 13.8 Å². The third-order valence-corrected chi connectivity index (χ3v) is 9.28. The Morgan fingerprint density at radius 1 is 1.17 bits per heavy atom. The SMILES string of the molecule is O=C(c1c(NC(=O)C23CC4CC(CC2C4)C3)sc2c1CCOC2)N1CCC(F)(F)C1. The molecule has 0 radical (unpaired) electrons. The molecule has 1 saturated heterocycles. The second-order valence-corrected chi connectivity index (χ2v) is 11.1. The maximum atomic E-state index is 13.8. The zero-order valence-electron chi connectivity index (χ0n) is 16.8. The molecule has 3 heterocycles. The van der Waals surface area contributed by atoms with Crippen LogP contribution in [0.3, 0.4) is 0 Å². The van der Waals surface area contributed by atoms with Crippen molar-refractivity contribution in [1.82, 2.24) is 4.90 Å². The van der Waals surface area contributed by atoms with Crippen LogP contribution in [-0.2, 0) is 22.6 Å². The van der Waals surface area contributed by atoms with Gasteiger partial charge in [-0.05, 0) is 61.8 Å². The zero-order valence-corrected chi connectivity index (χ0v) is 17.7. The number of thiophene rings is 1. The number of fused-ring (bicyclic) bond motifs is 1. The summed E-state index contributed by atoms with van der Waals surface area (Å²) in [6, 6.07) is 0.